The number of nitrogens with two attached hydrogens (primary N) is 1. The molecule has 0 fully saturated rings. The van der Waals surface area contributed by atoms with Gasteiger partial charge in [0.15, 0.2) is 0 Å². The molecule has 2 aromatic rings. The van der Waals surface area contributed by atoms with Crippen LogP contribution in [0.3, 0.4) is 0 Å². The molecule has 0 saturated carbocycles. The molecule has 0 saturated heterocycles. The second-order valence-corrected chi connectivity index (χ2v) is 4.18. The quantitative estimate of drug-likeness (QED) is 0.774. The molecule has 0 radical (unpaired) electrons. The first-order chi connectivity index (χ1) is 6.16. The Morgan fingerprint density at radius 1 is 1.38 bits per heavy atom. The summed E-state index contributed by atoms with van der Waals surface area (Å²) in [5, 5.41) is 1.67. The Hall–Kier alpha value is -1.06. The summed E-state index contributed by atoms with van der Waals surface area (Å²) in [6.07, 6.45) is 0. The van der Waals surface area contributed by atoms with Crippen LogP contribution in [0.1, 0.15) is 9.67 Å². The van der Waals surface area contributed by atoms with Crippen LogP contribution in [0.5, 0.6) is 0 Å². The number of fused-ring (bicyclic) bond motifs is 1. The number of carbonyl (C=O) groups excluding carboxylic acids is 1. The summed E-state index contributed by atoms with van der Waals surface area (Å²) in [5.41, 5.74) is 5.15. The molecular weight excluding hydrogens is 206 g/mol. The van der Waals surface area contributed by atoms with Gasteiger partial charge in [-0.3, -0.25) is 4.79 Å². The van der Waals surface area contributed by atoms with E-state index in [-0.39, 0.29) is 0 Å². The third kappa shape index (κ3) is 1.53. The SMILES string of the molecule is NC(=O)c1cc2ccc(Cl)cc2s1. The van der Waals surface area contributed by atoms with Gasteiger partial charge in [-0.1, -0.05) is 17.7 Å². The first-order valence-corrected chi connectivity index (χ1v) is 4.85. The van der Waals surface area contributed by atoms with Crippen molar-refractivity contribution < 1.29 is 4.79 Å². The van der Waals surface area contributed by atoms with Crippen LogP contribution in [0, 0.1) is 0 Å². The third-order valence-electron chi connectivity index (χ3n) is 1.72. The van der Waals surface area contributed by atoms with E-state index in [1.807, 2.05) is 12.1 Å². The van der Waals surface area contributed by atoms with Crippen molar-refractivity contribution in [2.75, 3.05) is 0 Å². The normalized spacial score (nSPS) is 10.5. The Bertz CT molecular complexity index is 477. The molecule has 2 nitrogen and oxygen atoms in total. The van der Waals surface area contributed by atoms with Gasteiger partial charge >= 0.3 is 0 Å². The molecule has 2 N–H and O–H groups in total. The zero-order chi connectivity index (χ0) is 9.42. The fourth-order valence-electron chi connectivity index (χ4n) is 1.13. The van der Waals surface area contributed by atoms with Crippen LogP contribution in [0.15, 0.2) is 24.3 Å². The van der Waals surface area contributed by atoms with Crippen LogP contribution < -0.4 is 5.73 Å². The molecular formula is C9H6ClNOS. The second kappa shape index (κ2) is 3.01. The largest absolute Gasteiger partial charge is 0.365 e. The zero-order valence-corrected chi connectivity index (χ0v) is 8.15. The maximum atomic E-state index is 10.9. The maximum Gasteiger partial charge on any atom is 0.258 e. The lowest BCUT2D eigenvalue weighted by molar-refractivity contribution is 0.100. The number of rotatable bonds is 1. The van der Waals surface area contributed by atoms with Crippen LogP contribution in [-0.4, -0.2) is 5.91 Å². The number of primary amides is 1. The highest BCUT2D eigenvalue weighted by Gasteiger charge is 2.05. The molecule has 0 aliphatic carbocycles. The van der Waals surface area contributed by atoms with Gasteiger partial charge in [0.25, 0.3) is 5.91 Å². The van der Waals surface area contributed by atoms with E-state index in [4.69, 9.17) is 17.3 Å². The number of halogens is 1. The van der Waals surface area contributed by atoms with Crippen LogP contribution in [0.4, 0.5) is 0 Å². The summed E-state index contributed by atoms with van der Waals surface area (Å²) < 4.78 is 0.987. The van der Waals surface area contributed by atoms with Crippen molar-refractivity contribution in [2.45, 2.75) is 0 Å². The molecule has 0 aliphatic heterocycles. The molecule has 0 atom stereocenters. The lowest BCUT2D eigenvalue weighted by Crippen LogP contribution is -2.07. The first-order valence-electron chi connectivity index (χ1n) is 3.66. The predicted octanol–water partition coefficient (Wildman–Crippen LogP) is 2.65. The van der Waals surface area contributed by atoms with Crippen molar-refractivity contribution in [3.63, 3.8) is 0 Å². The van der Waals surface area contributed by atoms with Gasteiger partial charge in [0, 0.05) is 9.72 Å². The van der Waals surface area contributed by atoms with Crippen LogP contribution in [0.2, 0.25) is 5.02 Å². The van der Waals surface area contributed by atoms with E-state index >= 15 is 0 Å². The average Bonchev–Trinajstić information content (AvgIpc) is 2.46. The van der Waals surface area contributed by atoms with Crippen molar-refractivity contribution in [3.05, 3.63) is 34.2 Å². The minimum absolute atomic E-state index is 0.391. The van der Waals surface area contributed by atoms with Crippen molar-refractivity contribution >= 4 is 38.9 Å². The number of hydrogen-bond acceptors (Lipinski definition) is 2. The maximum absolute atomic E-state index is 10.9. The Morgan fingerprint density at radius 2 is 2.15 bits per heavy atom. The highest BCUT2D eigenvalue weighted by atomic mass is 35.5. The number of carbonyl (C=O) groups is 1. The molecule has 66 valence electrons. The van der Waals surface area contributed by atoms with Gasteiger partial charge in [0.1, 0.15) is 0 Å². The monoisotopic (exact) mass is 211 g/mol. The van der Waals surface area contributed by atoms with E-state index in [2.05, 4.69) is 0 Å². The highest BCUT2D eigenvalue weighted by molar-refractivity contribution is 7.20. The smallest absolute Gasteiger partial charge is 0.258 e. The van der Waals surface area contributed by atoms with E-state index in [9.17, 15) is 4.79 Å². The Balaban J connectivity index is 2.68. The van der Waals surface area contributed by atoms with Crippen molar-refractivity contribution in [1.29, 1.82) is 0 Å². The molecule has 1 aromatic carbocycles. The summed E-state index contributed by atoms with van der Waals surface area (Å²) >= 11 is 7.16. The lowest BCUT2D eigenvalue weighted by Gasteiger charge is -1.87. The van der Waals surface area contributed by atoms with E-state index in [1.54, 1.807) is 12.1 Å². The summed E-state index contributed by atoms with van der Waals surface area (Å²) in [6.45, 7) is 0. The van der Waals surface area contributed by atoms with Gasteiger partial charge in [0.05, 0.1) is 4.88 Å². The van der Waals surface area contributed by atoms with Crippen molar-refractivity contribution in [1.82, 2.24) is 0 Å². The number of hydrogen-bond donors (Lipinski definition) is 1. The molecule has 1 heterocycles. The average molecular weight is 212 g/mol. The fraction of sp³-hybridized carbons (Fsp3) is 0. The van der Waals surface area contributed by atoms with Crippen LogP contribution in [-0.2, 0) is 0 Å². The summed E-state index contributed by atoms with van der Waals surface area (Å²) in [4.78, 5) is 11.4. The molecule has 1 aromatic heterocycles. The minimum Gasteiger partial charge on any atom is -0.365 e. The predicted molar refractivity (Wildman–Crippen MR) is 55.4 cm³/mol. The summed E-state index contributed by atoms with van der Waals surface area (Å²) in [7, 11) is 0. The molecule has 0 bridgehead atoms. The van der Waals surface area contributed by atoms with Gasteiger partial charge in [0.2, 0.25) is 0 Å². The van der Waals surface area contributed by atoms with Gasteiger partial charge < -0.3 is 5.73 Å². The van der Waals surface area contributed by atoms with E-state index < -0.39 is 5.91 Å². The zero-order valence-electron chi connectivity index (χ0n) is 6.58. The Labute approximate surface area is 83.9 Å². The van der Waals surface area contributed by atoms with Gasteiger partial charge in [-0.2, -0.15) is 0 Å². The number of thiophene rings is 1. The van der Waals surface area contributed by atoms with E-state index in [0.29, 0.717) is 9.90 Å². The van der Waals surface area contributed by atoms with Crippen LogP contribution >= 0.6 is 22.9 Å². The van der Waals surface area contributed by atoms with Gasteiger partial charge in [-0.05, 0) is 23.6 Å². The Kier molecular flexibility index (Phi) is 1.98. The van der Waals surface area contributed by atoms with Crippen molar-refractivity contribution in [3.8, 4) is 0 Å². The molecule has 0 aliphatic rings. The number of amides is 1. The topological polar surface area (TPSA) is 43.1 Å². The van der Waals surface area contributed by atoms with Crippen LogP contribution in [0.25, 0.3) is 10.1 Å². The van der Waals surface area contributed by atoms with Crippen molar-refractivity contribution in [2.24, 2.45) is 5.73 Å². The molecule has 0 unspecified atom stereocenters. The molecule has 13 heavy (non-hydrogen) atoms. The van der Waals surface area contributed by atoms with Gasteiger partial charge in [-0.25, -0.2) is 0 Å². The fourth-order valence-corrected chi connectivity index (χ4v) is 2.32. The molecule has 1 amide bonds. The second-order valence-electron chi connectivity index (χ2n) is 2.66. The standard InChI is InChI=1S/C9H6ClNOS/c10-6-2-1-5-3-8(9(11)12)13-7(5)4-6/h1-4H,(H2,11,12). The third-order valence-corrected chi connectivity index (χ3v) is 3.07. The van der Waals surface area contributed by atoms with E-state index in [1.165, 1.54) is 11.3 Å². The summed E-state index contributed by atoms with van der Waals surface area (Å²) in [6, 6.07) is 7.27. The lowest BCUT2D eigenvalue weighted by atomic mass is 10.2. The first kappa shape index (κ1) is 8.53. The molecule has 4 heteroatoms. The Morgan fingerprint density at radius 3 is 2.85 bits per heavy atom. The summed E-state index contributed by atoms with van der Waals surface area (Å²) in [5.74, 6) is -0.391. The highest BCUT2D eigenvalue weighted by Crippen LogP contribution is 2.27. The van der Waals surface area contributed by atoms with Gasteiger partial charge in [-0.15, -0.1) is 11.3 Å². The molecule has 2 rings (SSSR count). The number of benzene rings is 1. The minimum atomic E-state index is -0.391. The molecule has 0 spiro atoms. The van der Waals surface area contributed by atoms with E-state index in [0.717, 1.165) is 10.1 Å².